The molecule has 0 saturated carbocycles. The van der Waals surface area contributed by atoms with E-state index in [2.05, 4.69) is 20.6 Å². The summed E-state index contributed by atoms with van der Waals surface area (Å²) in [6, 6.07) is 13.0. The lowest BCUT2D eigenvalue weighted by Crippen LogP contribution is -2.35. The largest absolute Gasteiger partial charge is 0.493 e. The molecule has 0 saturated heterocycles. The number of carbonyl (C=O) groups excluding carboxylic acids is 1. The molecule has 3 N–H and O–H groups in total. The third kappa shape index (κ3) is 2.70. The van der Waals surface area contributed by atoms with Gasteiger partial charge in [0.2, 0.25) is 0 Å². The van der Waals surface area contributed by atoms with Crippen molar-refractivity contribution in [2.45, 2.75) is 12.5 Å². The Bertz CT molecular complexity index is 858. The van der Waals surface area contributed by atoms with Gasteiger partial charge in [-0.1, -0.05) is 18.2 Å². The van der Waals surface area contributed by atoms with Gasteiger partial charge in [-0.05, 0) is 24.3 Å². The number of pyridine rings is 1. The van der Waals surface area contributed by atoms with Gasteiger partial charge in [0.15, 0.2) is 0 Å². The maximum atomic E-state index is 12.3. The highest BCUT2D eigenvalue weighted by atomic mass is 16.5. The molecule has 1 aliphatic rings. The van der Waals surface area contributed by atoms with Gasteiger partial charge >= 0.3 is 6.03 Å². The van der Waals surface area contributed by atoms with Gasteiger partial charge in [0.05, 0.1) is 23.7 Å². The van der Waals surface area contributed by atoms with Gasteiger partial charge in [0.25, 0.3) is 0 Å². The Morgan fingerprint density at radius 1 is 1.22 bits per heavy atom. The molecule has 0 radical (unpaired) electrons. The number of para-hydroxylation sites is 1. The first kappa shape index (κ1) is 13.6. The summed E-state index contributed by atoms with van der Waals surface area (Å²) in [6.45, 7) is 0.593. The maximum Gasteiger partial charge on any atom is 0.320 e. The van der Waals surface area contributed by atoms with Gasteiger partial charge in [-0.25, -0.2) is 9.78 Å². The van der Waals surface area contributed by atoms with E-state index in [4.69, 9.17) is 4.74 Å². The number of anilines is 1. The summed E-state index contributed by atoms with van der Waals surface area (Å²) in [6.07, 6.45) is 2.56. The standard InChI is InChI=1S/C17H16N4O2/c22-17(21-16-6-5-13-14(19-16)7-9-18-13)20-12-8-10-23-15-4-2-1-3-11(12)15/h1-7,9,12,18H,8,10H2,(H2,19,20,21,22)/t12-/m0/s1. The van der Waals surface area contributed by atoms with Crippen LogP contribution >= 0.6 is 0 Å². The molecule has 2 aromatic heterocycles. The second-order valence-electron chi connectivity index (χ2n) is 5.43. The molecule has 6 nitrogen and oxygen atoms in total. The van der Waals surface area contributed by atoms with E-state index in [-0.39, 0.29) is 12.1 Å². The van der Waals surface area contributed by atoms with Crippen molar-refractivity contribution in [3.8, 4) is 5.75 Å². The number of amides is 2. The van der Waals surface area contributed by atoms with Crippen LogP contribution in [0, 0.1) is 0 Å². The summed E-state index contributed by atoms with van der Waals surface area (Å²) < 4.78 is 5.61. The third-order valence-corrected chi connectivity index (χ3v) is 3.91. The van der Waals surface area contributed by atoms with E-state index in [0.29, 0.717) is 12.4 Å². The third-order valence-electron chi connectivity index (χ3n) is 3.91. The normalized spacial score (nSPS) is 16.4. The molecule has 3 aromatic rings. The number of benzene rings is 1. The zero-order valence-corrected chi connectivity index (χ0v) is 12.4. The summed E-state index contributed by atoms with van der Waals surface area (Å²) in [4.78, 5) is 19.7. The molecule has 0 bridgehead atoms. The summed E-state index contributed by atoms with van der Waals surface area (Å²) >= 11 is 0. The van der Waals surface area contributed by atoms with Crippen molar-refractivity contribution in [1.29, 1.82) is 0 Å². The van der Waals surface area contributed by atoms with Crippen molar-refractivity contribution in [2.75, 3.05) is 11.9 Å². The number of rotatable bonds is 2. The van der Waals surface area contributed by atoms with Gasteiger partial charge in [-0.3, -0.25) is 5.32 Å². The Balaban J connectivity index is 1.48. The highest BCUT2D eigenvalue weighted by Gasteiger charge is 2.22. The molecule has 1 aromatic carbocycles. The van der Waals surface area contributed by atoms with Crippen LogP contribution in [0.4, 0.5) is 10.6 Å². The predicted molar refractivity (Wildman–Crippen MR) is 87.5 cm³/mol. The van der Waals surface area contributed by atoms with Gasteiger partial charge in [-0.15, -0.1) is 0 Å². The molecule has 3 heterocycles. The SMILES string of the molecule is O=C(Nc1ccc2[nH]ccc2n1)N[C@H]1CCOc2ccccc21. The lowest BCUT2D eigenvalue weighted by atomic mass is 10.0. The summed E-state index contributed by atoms with van der Waals surface area (Å²) in [5.41, 5.74) is 2.76. The first-order chi connectivity index (χ1) is 11.3. The zero-order chi connectivity index (χ0) is 15.6. The molecule has 23 heavy (non-hydrogen) atoms. The zero-order valence-electron chi connectivity index (χ0n) is 12.4. The van der Waals surface area contributed by atoms with E-state index in [9.17, 15) is 4.79 Å². The van der Waals surface area contributed by atoms with E-state index in [1.807, 2.05) is 42.6 Å². The second kappa shape index (κ2) is 5.64. The van der Waals surface area contributed by atoms with Crippen LogP contribution < -0.4 is 15.4 Å². The summed E-state index contributed by atoms with van der Waals surface area (Å²) in [7, 11) is 0. The number of H-pyrrole nitrogens is 1. The number of carbonyl (C=O) groups is 1. The van der Waals surface area contributed by atoms with E-state index >= 15 is 0 Å². The Hall–Kier alpha value is -3.02. The highest BCUT2D eigenvalue weighted by Crippen LogP contribution is 2.31. The first-order valence-electron chi connectivity index (χ1n) is 7.53. The highest BCUT2D eigenvalue weighted by molar-refractivity contribution is 5.90. The smallest absolute Gasteiger partial charge is 0.320 e. The molecule has 0 fully saturated rings. The van der Waals surface area contributed by atoms with Crippen molar-refractivity contribution in [1.82, 2.24) is 15.3 Å². The van der Waals surface area contributed by atoms with Gasteiger partial charge < -0.3 is 15.0 Å². The van der Waals surface area contributed by atoms with Gasteiger partial charge in [-0.2, -0.15) is 0 Å². The fraction of sp³-hybridized carbons (Fsp3) is 0.176. The molecule has 116 valence electrons. The lowest BCUT2D eigenvalue weighted by molar-refractivity contribution is 0.232. The van der Waals surface area contributed by atoms with Crippen LogP contribution in [0.5, 0.6) is 5.75 Å². The minimum Gasteiger partial charge on any atom is -0.493 e. The van der Waals surface area contributed by atoms with Crippen LogP contribution in [-0.4, -0.2) is 22.6 Å². The average molecular weight is 308 g/mol. The van der Waals surface area contributed by atoms with Crippen LogP contribution in [0.15, 0.2) is 48.7 Å². The number of urea groups is 1. The molecular weight excluding hydrogens is 292 g/mol. The molecule has 1 aliphatic heterocycles. The fourth-order valence-electron chi connectivity index (χ4n) is 2.81. The quantitative estimate of drug-likeness (QED) is 0.680. The molecule has 0 aliphatic carbocycles. The second-order valence-corrected chi connectivity index (χ2v) is 5.43. The lowest BCUT2D eigenvalue weighted by Gasteiger charge is -2.26. The van der Waals surface area contributed by atoms with E-state index in [1.165, 1.54) is 0 Å². The van der Waals surface area contributed by atoms with Crippen LogP contribution in [0.2, 0.25) is 0 Å². The van der Waals surface area contributed by atoms with Crippen molar-refractivity contribution >= 4 is 22.9 Å². The Kier molecular flexibility index (Phi) is 3.34. The minimum absolute atomic E-state index is 0.0593. The van der Waals surface area contributed by atoms with Crippen LogP contribution in [-0.2, 0) is 0 Å². The van der Waals surface area contributed by atoms with E-state index < -0.39 is 0 Å². The number of ether oxygens (including phenoxy) is 1. The minimum atomic E-state index is -0.269. The number of hydrogen-bond donors (Lipinski definition) is 3. The molecule has 4 rings (SSSR count). The Morgan fingerprint density at radius 3 is 3.09 bits per heavy atom. The molecular formula is C17H16N4O2. The van der Waals surface area contributed by atoms with Gasteiger partial charge in [0, 0.05) is 18.2 Å². The number of fused-ring (bicyclic) bond motifs is 2. The maximum absolute atomic E-state index is 12.3. The van der Waals surface area contributed by atoms with Crippen LogP contribution in [0.3, 0.4) is 0 Å². The number of aromatic nitrogens is 2. The van der Waals surface area contributed by atoms with Crippen molar-refractivity contribution in [3.63, 3.8) is 0 Å². The number of nitrogens with zero attached hydrogens (tertiary/aromatic N) is 1. The first-order valence-corrected chi connectivity index (χ1v) is 7.53. The molecule has 6 heteroatoms. The average Bonchev–Trinajstić information content (AvgIpc) is 3.03. The van der Waals surface area contributed by atoms with Crippen molar-refractivity contribution < 1.29 is 9.53 Å². The van der Waals surface area contributed by atoms with Crippen molar-refractivity contribution in [3.05, 3.63) is 54.2 Å². The molecule has 1 atom stereocenters. The van der Waals surface area contributed by atoms with Gasteiger partial charge in [0.1, 0.15) is 11.6 Å². The van der Waals surface area contributed by atoms with E-state index in [1.54, 1.807) is 6.07 Å². The summed E-state index contributed by atoms with van der Waals surface area (Å²) in [5, 5.41) is 5.77. The summed E-state index contributed by atoms with van der Waals surface area (Å²) in [5.74, 6) is 1.35. The topological polar surface area (TPSA) is 79.0 Å². The van der Waals surface area contributed by atoms with Crippen molar-refractivity contribution in [2.24, 2.45) is 0 Å². The molecule has 2 amide bonds. The predicted octanol–water partition coefficient (Wildman–Crippen LogP) is 3.21. The molecule has 0 unspecified atom stereocenters. The van der Waals surface area contributed by atoms with Crippen LogP contribution in [0.1, 0.15) is 18.0 Å². The Labute approximate surface area is 132 Å². The monoisotopic (exact) mass is 308 g/mol. The number of hydrogen-bond acceptors (Lipinski definition) is 3. The van der Waals surface area contributed by atoms with Crippen LogP contribution in [0.25, 0.3) is 11.0 Å². The Morgan fingerprint density at radius 2 is 2.13 bits per heavy atom. The molecule has 0 spiro atoms. The van der Waals surface area contributed by atoms with E-state index in [0.717, 1.165) is 28.8 Å². The number of nitrogens with one attached hydrogen (secondary N) is 3. The fourth-order valence-corrected chi connectivity index (χ4v) is 2.81. The number of aromatic amines is 1.